The quantitative estimate of drug-likeness (QED) is 0.796. The molecule has 0 aliphatic rings. The lowest BCUT2D eigenvalue weighted by Crippen LogP contribution is -2.41. The number of nitrogens with one attached hydrogen (secondary N) is 2. The second-order valence-corrected chi connectivity index (χ2v) is 3.97. The van der Waals surface area contributed by atoms with Crippen molar-refractivity contribution in [1.29, 1.82) is 0 Å². The van der Waals surface area contributed by atoms with Crippen LogP contribution in [0.1, 0.15) is 12.5 Å². The summed E-state index contributed by atoms with van der Waals surface area (Å²) in [6.07, 6.45) is 0.122. The van der Waals surface area contributed by atoms with Gasteiger partial charge < -0.3 is 0 Å². The summed E-state index contributed by atoms with van der Waals surface area (Å²) in [5.74, 6) is -0.656. The molecule has 2 N–H and O–H groups in total. The van der Waals surface area contributed by atoms with Crippen LogP contribution in [0.3, 0.4) is 0 Å². The Morgan fingerprint density at radius 1 is 1.19 bits per heavy atom. The molecule has 0 unspecified atom stereocenters. The zero-order chi connectivity index (χ0) is 12.1. The average molecular weight is 261 g/mol. The monoisotopic (exact) mass is 260 g/mol. The maximum Gasteiger partial charge on any atom is 0.242 e. The molecule has 0 heterocycles. The minimum absolute atomic E-state index is 0.122. The maximum absolute atomic E-state index is 11.3. The number of benzene rings is 1. The van der Waals surface area contributed by atoms with Crippen molar-refractivity contribution in [3.63, 3.8) is 0 Å². The largest absolute Gasteiger partial charge is 0.274 e. The van der Waals surface area contributed by atoms with Crippen LogP contribution in [0.15, 0.2) is 18.2 Å². The predicted molar refractivity (Wildman–Crippen MR) is 62.1 cm³/mol. The van der Waals surface area contributed by atoms with Gasteiger partial charge in [-0.2, -0.15) is 0 Å². The second-order valence-electron chi connectivity index (χ2n) is 3.15. The summed E-state index contributed by atoms with van der Waals surface area (Å²) in [5.41, 5.74) is 5.16. The highest BCUT2D eigenvalue weighted by atomic mass is 35.5. The van der Waals surface area contributed by atoms with E-state index < -0.39 is 0 Å². The van der Waals surface area contributed by atoms with Crippen molar-refractivity contribution < 1.29 is 9.59 Å². The third-order valence-corrected chi connectivity index (χ3v) is 2.47. The van der Waals surface area contributed by atoms with Crippen LogP contribution in [-0.2, 0) is 16.0 Å². The predicted octanol–water partition coefficient (Wildman–Crippen LogP) is 1.70. The zero-order valence-corrected chi connectivity index (χ0v) is 10.0. The second kappa shape index (κ2) is 5.72. The Bertz CT molecular complexity index is 421. The summed E-state index contributed by atoms with van der Waals surface area (Å²) in [6.45, 7) is 1.30. The van der Waals surface area contributed by atoms with Crippen LogP contribution in [0.2, 0.25) is 10.0 Å². The number of hydrazine groups is 1. The maximum atomic E-state index is 11.3. The first kappa shape index (κ1) is 12.8. The first-order valence-corrected chi connectivity index (χ1v) is 5.24. The number of rotatable bonds is 2. The SMILES string of the molecule is CC(=O)NNC(=O)Cc1ccc(Cl)c(Cl)c1. The lowest BCUT2D eigenvalue weighted by atomic mass is 10.1. The molecule has 0 fully saturated rings. The van der Waals surface area contributed by atoms with Crippen LogP contribution >= 0.6 is 23.2 Å². The van der Waals surface area contributed by atoms with E-state index in [1.54, 1.807) is 18.2 Å². The molecule has 86 valence electrons. The van der Waals surface area contributed by atoms with Crippen LogP contribution in [0.25, 0.3) is 0 Å². The summed E-state index contributed by atoms with van der Waals surface area (Å²) >= 11 is 11.5. The van der Waals surface area contributed by atoms with Crippen LogP contribution in [0.5, 0.6) is 0 Å². The van der Waals surface area contributed by atoms with E-state index in [1.165, 1.54) is 6.92 Å². The molecule has 6 heteroatoms. The van der Waals surface area contributed by atoms with Gasteiger partial charge in [0.25, 0.3) is 0 Å². The molecule has 0 atom stereocenters. The van der Waals surface area contributed by atoms with Crippen molar-refractivity contribution in [3.05, 3.63) is 33.8 Å². The minimum Gasteiger partial charge on any atom is -0.274 e. The molecule has 0 aromatic heterocycles. The first-order chi connectivity index (χ1) is 7.49. The molecule has 0 radical (unpaired) electrons. The van der Waals surface area contributed by atoms with Gasteiger partial charge in [-0.15, -0.1) is 0 Å². The number of carbonyl (C=O) groups is 2. The van der Waals surface area contributed by atoms with Gasteiger partial charge in [-0.05, 0) is 17.7 Å². The summed E-state index contributed by atoms with van der Waals surface area (Å²) in [6, 6.07) is 4.92. The molecular weight excluding hydrogens is 251 g/mol. The van der Waals surface area contributed by atoms with Gasteiger partial charge in [0, 0.05) is 6.92 Å². The van der Waals surface area contributed by atoms with Crippen molar-refractivity contribution in [3.8, 4) is 0 Å². The Balaban J connectivity index is 2.56. The summed E-state index contributed by atoms with van der Waals surface area (Å²) in [4.78, 5) is 21.8. The lowest BCUT2D eigenvalue weighted by Gasteiger charge is -2.05. The molecule has 0 aliphatic heterocycles. The van der Waals surface area contributed by atoms with Crippen molar-refractivity contribution in [2.24, 2.45) is 0 Å². The number of hydrogen-bond acceptors (Lipinski definition) is 2. The van der Waals surface area contributed by atoms with Gasteiger partial charge in [0.15, 0.2) is 0 Å². The van der Waals surface area contributed by atoms with E-state index in [-0.39, 0.29) is 18.2 Å². The fraction of sp³-hybridized carbons (Fsp3) is 0.200. The molecule has 2 amide bonds. The van der Waals surface area contributed by atoms with E-state index in [2.05, 4.69) is 10.9 Å². The minimum atomic E-state index is -0.331. The van der Waals surface area contributed by atoms with E-state index in [0.717, 1.165) is 5.56 Å². The molecule has 1 aromatic carbocycles. The fourth-order valence-corrected chi connectivity index (χ4v) is 1.36. The van der Waals surface area contributed by atoms with Crippen LogP contribution in [0, 0.1) is 0 Å². The Hall–Kier alpha value is -1.26. The van der Waals surface area contributed by atoms with Crippen molar-refractivity contribution in [2.45, 2.75) is 13.3 Å². The molecule has 1 rings (SSSR count). The third kappa shape index (κ3) is 4.08. The molecule has 16 heavy (non-hydrogen) atoms. The van der Waals surface area contributed by atoms with E-state index in [1.807, 2.05) is 0 Å². The number of hydrogen-bond donors (Lipinski definition) is 2. The van der Waals surface area contributed by atoms with Crippen LogP contribution < -0.4 is 10.9 Å². The lowest BCUT2D eigenvalue weighted by molar-refractivity contribution is -0.127. The normalized spacial score (nSPS) is 9.69. The summed E-state index contributed by atoms with van der Waals surface area (Å²) < 4.78 is 0. The van der Waals surface area contributed by atoms with Gasteiger partial charge in [-0.25, -0.2) is 0 Å². The summed E-state index contributed by atoms with van der Waals surface area (Å²) in [5, 5.41) is 0.833. The van der Waals surface area contributed by atoms with Gasteiger partial charge in [-0.3, -0.25) is 20.4 Å². The topological polar surface area (TPSA) is 58.2 Å². The Labute approximate surface area is 103 Å². The summed E-state index contributed by atoms with van der Waals surface area (Å²) in [7, 11) is 0. The van der Waals surface area contributed by atoms with Crippen molar-refractivity contribution >= 4 is 35.0 Å². The van der Waals surface area contributed by atoms with E-state index >= 15 is 0 Å². The number of halogens is 2. The first-order valence-electron chi connectivity index (χ1n) is 4.48. The Morgan fingerprint density at radius 2 is 1.88 bits per heavy atom. The average Bonchev–Trinajstić information content (AvgIpc) is 2.21. The fourth-order valence-electron chi connectivity index (χ4n) is 1.04. The molecule has 1 aromatic rings. The van der Waals surface area contributed by atoms with Gasteiger partial charge in [0.1, 0.15) is 0 Å². The van der Waals surface area contributed by atoms with E-state index in [0.29, 0.717) is 10.0 Å². The number of amides is 2. The highest BCUT2D eigenvalue weighted by molar-refractivity contribution is 6.42. The molecule has 0 saturated carbocycles. The van der Waals surface area contributed by atoms with Crippen LogP contribution in [-0.4, -0.2) is 11.8 Å². The Morgan fingerprint density at radius 3 is 2.44 bits per heavy atom. The standard InChI is InChI=1S/C10H10Cl2N2O2/c1-6(15)13-14-10(16)5-7-2-3-8(11)9(12)4-7/h2-4H,5H2,1H3,(H,13,15)(H,14,16). The molecule has 0 aliphatic carbocycles. The van der Waals surface area contributed by atoms with Gasteiger partial charge in [0.05, 0.1) is 16.5 Å². The molecule has 0 saturated heterocycles. The van der Waals surface area contributed by atoms with Gasteiger partial charge in [0.2, 0.25) is 11.8 Å². The third-order valence-electron chi connectivity index (χ3n) is 1.73. The van der Waals surface area contributed by atoms with E-state index in [4.69, 9.17) is 23.2 Å². The number of carbonyl (C=O) groups excluding carboxylic acids is 2. The van der Waals surface area contributed by atoms with Gasteiger partial charge in [-0.1, -0.05) is 29.3 Å². The van der Waals surface area contributed by atoms with Crippen LogP contribution in [0.4, 0.5) is 0 Å². The Kier molecular flexibility index (Phi) is 4.58. The zero-order valence-electron chi connectivity index (χ0n) is 8.51. The van der Waals surface area contributed by atoms with Gasteiger partial charge >= 0.3 is 0 Å². The van der Waals surface area contributed by atoms with Crippen molar-refractivity contribution in [2.75, 3.05) is 0 Å². The highest BCUT2D eigenvalue weighted by Crippen LogP contribution is 2.22. The highest BCUT2D eigenvalue weighted by Gasteiger charge is 2.05. The molecule has 0 bridgehead atoms. The molecule has 0 spiro atoms. The molecule has 4 nitrogen and oxygen atoms in total. The molecular formula is C10H10Cl2N2O2. The van der Waals surface area contributed by atoms with E-state index in [9.17, 15) is 9.59 Å². The van der Waals surface area contributed by atoms with Crippen molar-refractivity contribution in [1.82, 2.24) is 10.9 Å². The smallest absolute Gasteiger partial charge is 0.242 e.